The Morgan fingerprint density at radius 3 is 2.69 bits per heavy atom. The fourth-order valence-electron chi connectivity index (χ4n) is 1.66. The van der Waals surface area contributed by atoms with E-state index in [1.165, 1.54) is 0 Å². The van der Waals surface area contributed by atoms with Gasteiger partial charge in [0.1, 0.15) is 11.9 Å². The van der Waals surface area contributed by atoms with Crippen LogP contribution in [0.1, 0.15) is 5.56 Å². The number of nitriles is 1. The Bertz CT molecular complexity index is 519. The normalized spacial score (nSPS) is 19.1. The summed E-state index contributed by atoms with van der Waals surface area (Å²) in [4.78, 5) is 5.98. The van der Waals surface area contributed by atoms with Gasteiger partial charge < -0.3 is 4.90 Å². The van der Waals surface area contributed by atoms with E-state index in [-0.39, 0.29) is 11.5 Å². The number of rotatable bonds is 1. The van der Waals surface area contributed by atoms with E-state index in [4.69, 9.17) is 5.26 Å². The van der Waals surface area contributed by atoms with Crippen LogP contribution in [0.3, 0.4) is 0 Å². The molecule has 0 spiro atoms. The summed E-state index contributed by atoms with van der Waals surface area (Å²) in [5, 5.41) is 8.92. The zero-order chi connectivity index (χ0) is 11.6. The molecule has 5 nitrogen and oxygen atoms in total. The second-order valence-corrected chi connectivity index (χ2v) is 5.93. The first-order chi connectivity index (χ1) is 7.62. The number of anilines is 1. The topological polar surface area (TPSA) is 74.1 Å². The average molecular weight is 237 g/mol. The Morgan fingerprint density at radius 1 is 1.38 bits per heavy atom. The minimum Gasteiger partial charge on any atom is -0.353 e. The van der Waals surface area contributed by atoms with E-state index in [1.54, 1.807) is 18.3 Å². The van der Waals surface area contributed by atoms with Crippen molar-refractivity contribution < 1.29 is 8.42 Å². The van der Waals surface area contributed by atoms with Gasteiger partial charge in [-0.1, -0.05) is 0 Å². The van der Waals surface area contributed by atoms with Crippen molar-refractivity contribution in [2.24, 2.45) is 0 Å². The fraction of sp³-hybridized carbons (Fsp3) is 0.400. The SMILES string of the molecule is N#Cc1cccnc1N1CCS(=O)(=O)CC1. The molecule has 0 atom stereocenters. The van der Waals surface area contributed by atoms with Crippen molar-refractivity contribution in [3.63, 3.8) is 0 Å². The lowest BCUT2D eigenvalue weighted by atomic mass is 10.2. The van der Waals surface area contributed by atoms with Crippen LogP contribution >= 0.6 is 0 Å². The van der Waals surface area contributed by atoms with E-state index in [2.05, 4.69) is 11.1 Å². The molecule has 1 aromatic rings. The lowest BCUT2D eigenvalue weighted by Gasteiger charge is -2.28. The van der Waals surface area contributed by atoms with Crippen LogP contribution in [0.2, 0.25) is 0 Å². The standard InChI is InChI=1S/C10H11N3O2S/c11-8-9-2-1-3-12-10(9)13-4-6-16(14,15)7-5-13/h1-3H,4-7H2. The van der Waals surface area contributed by atoms with Crippen LogP contribution < -0.4 is 4.90 Å². The number of sulfone groups is 1. The van der Waals surface area contributed by atoms with Gasteiger partial charge in [0.05, 0.1) is 17.1 Å². The number of nitrogens with zero attached hydrogens (tertiary/aromatic N) is 3. The Hall–Kier alpha value is -1.61. The van der Waals surface area contributed by atoms with Crippen LogP contribution in [0.5, 0.6) is 0 Å². The summed E-state index contributed by atoms with van der Waals surface area (Å²) in [6.07, 6.45) is 1.61. The summed E-state index contributed by atoms with van der Waals surface area (Å²) in [5.41, 5.74) is 0.488. The zero-order valence-corrected chi connectivity index (χ0v) is 9.44. The highest BCUT2D eigenvalue weighted by Crippen LogP contribution is 2.18. The van der Waals surface area contributed by atoms with Crippen molar-refractivity contribution in [1.29, 1.82) is 5.26 Å². The maximum absolute atomic E-state index is 11.3. The Kier molecular flexibility index (Phi) is 2.79. The predicted octanol–water partition coefficient (Wildman–Crippen LogP) is 0.188. The summed E-state index contributed by atoms with van der Waals surface area (Å²) in [5.74, 6) is 0.850. The minimum absolute atomic E-state index is 0.133. The van der Waals surface area contributed by atoms with Crippen LogP contribution in [0, 0.1) is 11.3 Å². The Balaban J connectivity index is 2.24. The second kappa shape index (κ2) is 4.10. The molecule has 1 saturated heterocycles. The first-order valence-electron chi connectivity index (χ1n) is 4.93. The molecule has 16 heavy (non-hydrogen) atoms. The van der Waals surface area contributed by atoms with Crippen molar-refractivity contribution in [1.82, 2.24) is 4.98 Å². The molecule has 0 N–H and O–H groups in total. The molecule has 0 radical (unpaired) electrons. The van der Waals surface area contributed by atoms with Gasteiger partial charge in [0, 0.05) is 19.3 Å². The monoisotopic (exact) mass is 237 g/mol. The predicted molar refractivity (Wildman–Crippen MR) is 59.8 cm³/mol. The third-order valence-corrected chi connectivity index (χ3v) is 4.16. The van der Waals surface area contributed by atoms with Gasteiger partial charge >= 0.3 is 0 Å². The van der Waals surface area contributed by atoms with Gasteiger partial charge in [-0.25, -0.2) is 13.4 Å². The molecule has 0 aromatic carbocycles. The van der Waals surface area contributed by atoms with E-state index in [1.807, 2.05) is 4.90 Å². The Labute approximate surface area is 94.2 Å². The smallest absolute Gasteiger partial charge is 0.153 e. The highest BCUT2D eigenvalue weighted by Gasteiger charge is 2.23. The summed E-state index contributed by atoms with van der Waals surface area (Å²) < 4.78 is 22.5. The van der Waals surface area contributed by atoms with E-state index in [0.29, 0.717) is 24.5 Å². The summed E-state index contributed by atoms with van der Waals surface area (Å²) in [6.45, 7) is 0.821. The van der Waals surface area contributed by atoms with E-state index >= 15 is 0 Å². The molecule has 2 heterocycles. The molecule has 0 amide bonds. The van der Waals surface area contributed by atoms with Gasteiger partial charge in [-0.3, -0.25) is 0 Å². The quantitative estimate of drug-likeness (QED) is 0.697. The number of aromatic nitrogens is 1. The molecule has 1 aliphatic heterocycles. The van der Waals surface area contributed by atoms with E-state index < -0.39 is 9.84 Å². The van der Waals surface area contributed by atoms with Crippen molar-refractivity contribution in [3.8, 4) is 6.07 Å². The van der Waals surface area contributed by atoms with Gasteiger partial charge in [0.15, 0.2) is 9.84 Å². The van der Waals surface area contributed by atoms with Crippen molar-refractivity contribution in [2.75, 3.05) is 29.5 Å². The first kappa shape index (κ1) is 10.9. The molecule has 1 aromatic heterocycles. The van der Waals surface area contributed by atoms with Gasteiger partial charge in [-0.2, -0.15) is 5.26 Å². The largest absolute Gasteiger partial charge is 0.353 e. The summed E-state index contributed by atoms with van der Waals surface area (Å²) >= 11 is 0. The lowest BCUT2D eigenvalue weighted by molar-refractivity contribution is 0.586. The first-order valence-corrected chi connectivity index (χ1v) is 6.75. The van der Waals surface area contributed by atoms with Crippen LogP contribution in [0.15, 0.2) is 18.3 Å². The highest BCUT2D eigenvalue weighted by atomic mass is 32.2. The van der Waals surface area contributed by atoms with Gasteiger partial charge in [0.25, 0.3) is 0 Å². The van der Waals surface area contributed by atoms with Crippen LogP contribution in [-0.2, 0) is 9.84 Å². The molecular weight excluding hydrogens is 226 g/mol. The van der Waals surface area contributed by atoms with Crippen LogP contribution in [0.25, 0.3) is 0 Å². The Morgan fingerprint density at radius 2 is 2.06 bits per heavy atom. The molecule has 1 fully saturated rings. The number of hydrogen-bond acceptors (Lipinski definition) is 5. The molecular formula is C10H11N3O2S. The average Bonchev–Trinajstić information content (AvgIpc) is 2.29. The molecule has 6 heteroatoms. The van der Waals surface area contributed by atoms with Gasteiger partial charge in [0.2, 0.25) is 0 Å². The number of pyridine rings is 1. The molecule has 1 aliphatic rings. The third kappa shape index (κ3) is 2.14. The van der Waals surface area contributed by atoms with Crippen LogP contribution in [-0.4, -0.2) is 38.0 Å². The molecule has 0 bridgehead atoms. The summed E-state index contributed by atoms with van der Waals surface area (Å²) in [6, 6.07) is 5.44. The van der Waals surface area contributed by atoms with Crippen molar-refractivity contribution >= 4 is 15.7 Å². The van der Waals surface area contributed by atoms with Crippen molar-refractivity contribution in [3.05, 3.63) is 23.9 Å². The molecule has 0 unspecified atom stereocenters. The minimum atomic E-state index is -2.90. The lowest BCUT2D eigenvalue weighted by Crippen LogP contribution is -2.41. The maximum Gasteiger partial charge on any atom is 0.153 e. The fourth-order valence-corrected chi connectivity index (χ4v) is 2.86. The van der Waals surface area contributed by atoms with Crippen LogP contribution in [0.4, 0.5) is 5.82 Å². The van der Waals surface area contributed by atoms with E-state index in [0.717, 1.165) is 0 Å². The van der Waals surface area contributed by atoms with Gasteiger partial charge in [-0.15, -0.1) is 0 Å². The van der Waals surface area contributed by atoms with E-state index in [9.17, 15) is 8.42 Å². The molecule has 84 valence electrons. The number of hydrogen-bond donors (Lipinski definition) is 0. The highest BCUT2D eigenvalue weighted by molar-refractivity contribution is 7.91. The van der Waals surface area contributed by atoms with Crippen molar-refractivity contribution in [2.45, 2.75) is 0 Å². The zero-order valence-electron chi connectivity index (χ0n) is 8.63. The molecule has 2 rings (SSSR count). The van der Waals surface area contributed by atoms with Gasteiger partial charge in [-0.05, 0) is 12.1 Å². The molecule has 0 saturated carbocycles. The third-order valence-electron chi connectivity index (χ3n) is 2.55. The maximum atomic E-state index is 11.3. The molecule has 0 aliphatic carbocycles. The second-order valence-electron chi connectivity index (χ2n) is 3.63. The summed E-state index contributed by atoms with van der Waals surface area (Å²) in [7, 11) is -2.90.